The Morgan fingerprint density at radius 3 is 2.71 bits per heavy atom. The summed E-state index contributed by atoms with van der Waals surface area (Å²) in [5, 5.41) is 0. The number of H-pyrrole nitrogens is 1. The molecule has 0 aliphatic heterocycles. The molecule has 1 aliphatic carbocycles. The molecule has 3 heteroatoms. The van der Waals surface area contributed by atoms with Gasteiger partial charge in [-0.15, -0.1) is 0 Å². The van der Waals surface area contributed by atoms with Crippen molar-refractivity contribution in [2.75, 3.05) is 0 Å². The third-order valence-electron chi connectivity index (χ3n) is 3.99. The zero-order valence-electron chi connectivity index (χ0n) is 10.6. The Hall–Kier alpha value is -1.09. The van der Waals surface area contributed by atoms with E-state index in [-0.39, 0.29) is 5.54 Å². The maximum atomic E-state index is 5.50. The minimum Gasteiger partial charge on any atom is -0.331 e. The van der Waals surface area contributed by atoms with Crippen LogP contribution in [0.4, 0.5) is 0 Å². The zero-order chi connectivity index (χ0) is 12.2. The number of hydrogen-bond acceptors (Lipinski definition) is 1. The molecule has 2 aromatic rings. The molecule has 1 aromatic heterocycles. The van der Waals surface area contributed by atoms with Crippen LogP contribution in [0.3, 0.4) is 0 Å². The van der Waals surface area contributed by atoms with E-state index in [2.05, 4.69) is 48.5 Å². The summed E-state index contributed by atoms with van der Waals surface area (Å²) in [7, 11) is 0. The van der Waals surface area contributed by atoms with Crippen molar-refractivity contribution in [2.45, 2.75) is 39.2 Å². The van der Waals surface area contributed by atoms with Gasteiger partial charge in [-0.25, -0.2) is 0 Å². The molecule has 0 radical (unpaired) electrons. The third-order valence-corrected chi connectivity index (χ3v) is 4.28. The maximum Gasteiger partial charge on any atom is 0.178 e. The first kappa shape index (κ1) is 11.0. The van der Waals surface area contributed by atoms with Crippen LogP contribution >= 0.6 is 12.2 Å². The Morgan fingerprint density at radius 1 is 1.35 bits per heavy atom. The fourth-order valence-electron chi connectivity index (χ4n) is 2.77. The molecule has 0 bridgehead atoms. The molecule has 3 rings (SSSR count). The molecule has 1 N–H and O–H groups in total. The van der Waals surface area contributed by atoms with Gasteiger partial charge in [-0.1, -0.05) is 6.07 Å². The van der Waals surface area contributed by atoms with Crippen molar-refractivity contribution in [2.24, 2.45) is 5.92 Å². The standard InChI is InChI=1S/C14H18N2S/c1-9-4-7-12-11(8-9)15-13(17)16(12)14(2,3)10-5-6-10/h4,7-8,10H,5-6H2,1-3H3,(H,15,17). The normalized spacial score (nSPS) is 16.6. The van der Waals surface area contributed by atoms with Gasteiger partial charge in [0.05, 0.1) is 11.0 Å². The number of nitrogens with zero attached hydrogens (tertiary/aromatic N) is 1. The predicted molar refractivity (Wildman–Crippen MR) is 73.9 cm³/mol. The molecule has 1 saturated carbocycles. The minimum atomic E-state index is 0.130. The molecule has 90 valence electrons. The van der Waals surface area contributed by atoms with Crippen molar-refractivity contribution in [3.05, 3.63) is 28.5 Å². The molecule has 1 aromatic carbocycles. The van der Waals surface area contributed by atoms with Gasteiger partial charge in [0.1, 0.15) is 0 Å². The quantitative estimate of drug-likeness (QED) is 0.789. The van der Waals surface area contributed by atoms with Crippen LogP contribution in [0.2, 0.25) is 0 Å². The van der Waals surface area contributed by atoms with E-state index >= 15 is 0 Å². The molecular formula is C14H18N2S. The summed E-state index contributed by atoms with van der Waals surface area (Å²) in [6, 6.07) is 6.51. The van der Waals surface area contributed by atoms with Gasteiger partial charge in [-0.05, 0) is 69.4 Å². The number of nitrogens with one attached hydrogen (secondary N) is 1. The van der Waals surface area contributed by atoms with Gasteiger partial charge in [0.25, 0.3) is 0 Å². The minimum absolute atomic E-state index is 0.130. The summed E-state index contributed by atoms with van der Waals surface area (Å²) < 4.78 is 3.15. The van der Waals surface area contributed by atoms with E-state index in [1.807, 2.05) is 0 Å². The Kier molecular flexibility index (Phi) is 2.24. The van der Waals surface area contributed by atoms with E-state index in [9.17, 15) is 0 Å². The summed E-state index contributed by atoms with van der Waals surface area (Å²) in [5.41, 5.74) is 3.79. The highest BCUT2D eigenvalue weighted by Gasteiger charge is 2.40. The smallest absolute Gasteiger partial charge is 0.178 e. The van der Waals surface area contributed by atoms with Gasteiger partial charge in [-0.2, -0.15) is 0 Å². The van der Waals surface area contributed by atoms with E-state index < -0.39 is 0 Å². The topological polar surface area (TPSA) is 20.7 Å². The second-order valence-electron chi connectivity index (χ2n) is 5.71. The van der Waals surface area contributed by atoms with Gasteiger partial charge >= 0.3 is 0 Å². The first-order chi connectivity index (χ1) is 8.00. The van der Waals surface area contributed by atoms with E-state index in [0.717, 1.165) is 16.2 Å². The predicted octanol–water partition coefficient (Wildman–Crippen LogP) is 4.15. The third kappa shape index (κ3) is 1.64. The lowest BCUT2D eigenvalue weighted by molar-refractivity contribution is 0.310. The zero-order valence-corrected chi connectivity index (χ0v) is 11.4. The first-order valence-electron chi connectivity index (χ1n) is 6.22. The molecule has 0 atom stereocenters. The number of rotatable bonds is 2. The number of hydrogen-bond donors (Lipinski definition) is 1. The number of benzene rings is 1. The molecule has 0 amide bonds. The SMILES string of the molecule is Cc1ccc2c(c1)[nH]c(=S)n2C(C)(C)C1CC1. The van der Waals surface area contributed by atoms with Crippen LogP contribution < -0.4 is 0 Å². The molecule has 0 saturated heterocycles. The van der Waals surface area contributed by atoms with Crippen molar-refractivity contribution in [1.29, 1.82) is 0 Å². The van der Waals surface area contributed by atoms with E-state index in [1.54, 1.807) is 0 Å². The average Bonchev–Trinajstić information content (AvgIpc) is 3.01. The molecule has 1 fully saturated rings. The lowest BCUT2D eigenvalue weighted by Crippen LogP contribution is -2.28. The van der Waals surface area contributed by atoms with E-state index in [0.29, 0.717) is 0 Å². The summed E-state index contributed by atoms with van der Waals surface area (Å²) in [6.45, 7) is 6.71. The fourth-order valence-corrected chi connectivity index (χ4v) is 3.21. The lowest BCUT2D eigenvalue weighted by Gasteiger charge is -2.27. The summed E-state index contributed by atoms with van der Waals surface area (Å²) in [5.74, 6) is 0.773. The summed E-state index contributed by atoms with van der Waals surface area (Å²) in [6.07, 6.45) is 2.65. The monoisotopic (exact) mass is 246 g/mol. The van der Waals surface area contributed by atoms with Crippen molar-refractivity contribution in [3.8, 4) is 0 Å². The molecule has 17 heavy (non-hydrogen) atoms. The second-order valence-corrected chi connectivity index (χ2v) is 6.10. The largest absolute Gasteiger partial charge is 0.331 e. The number of aromatic nitrogens is 2. The molecule has 2 nitrogen and oxygen atoms in total. The molecular weight excluding hydrogens is 228 g/mol. The highest BCUT2D eigenvalue weighted by atomic mass is 32.1. The first-order valence-corrected chi connectivity index (χ1v) is 6.63. The van der Waals surface area contributed by atoms with E-state index in [4.69, 9.17) is 12.2 Å². The average molecular weight is 246 g/mol. The number of aryl methyl sites for hydroxylation is 1. The van der Waals surface area contributed by atoms with Crippen LogP contribution in [0.25, 0.3) is 11.0 Å². The number of aromatic amines is 1. The lowest BCUT2D eigenvalue weighted by atomic mass is 9.98. The molecule has 1 aliphatic rings. The van der Waals surface area contributed by atoms with Crippen LogP contribution in [0.15, 0.2) is 18.2 Å². The summed E-state index contributed by atoms with van der Waals surface area (Å²) in [4.78, 5) is 3.33. The van der Waals surface area contributed by atoms with Crippen LogP contribution in [-0.4, -0.2) is 9.55 Å². The maximum absolute atomic E-state index is 5.50. The highest BCUT2D eigenvalue weighted by Crippen LogP contribution is 2.45. The van der Waals surface area contributed by atoms with Gasteiger partial charge in [0.2, 0.25) is 0 Å². The Labute approximate surface area is 107 Å². The van der Waals surface area contributed by atoms with Crippen molar-refractivity contribution in [3.63, 3.8) is 0 Å². The van der Waals surface area contributed by atoms with E-state index in [1.165, 1.54) is 23.9 Å². The molecule has 0 unspecified atom stereocenters. The van der Waals surface area contributed by atoms with Crippen molar-refractivity contribution in [1.82, 2.24) is 9.55 Å². The highest BCUT2D eigenvalue weighted by molar-refractivity contribution is 7.71. The van der Waals surface area contributed by atoms with Crippen LogP contribution in [0.5, 0.6) is 0 Å². The van der Waals surface area contributed by atoms with Crippen LogP contribution in [0, 0.1) is 17.6 Å². The number of fused-ring (bicyclic) bond motifs is 1. The summed E-state index contributed by atoms with van der Waals surface area (Å²) >= 11 is 5.50. The molecule has 1 heterocycles. The van der Waals surface area contributed by atoms with Crippen molar-refractivity contribution < 1.29 is 0 Å². The Balaban J connectivity index is 2.28. The van der Waals surface area contributed by atoms with Gasteiger partial charge in [0.15, 0.2) is 4.77 Å². The van der Waals surface area contributed by atoms with Crippen LogP contribution in [-0.2, 0) is 5.54 Å². The second kappa shape index (κ2) is 3.45. The van der Waals surface area contributed by atoms with Crippen molar-refractivity contribution >= 4 is 23.3 Å². The fraction of sp³-hybridized carbons (Fsp3) is 0.500. The van der Waals surface area contributed by atoms with Gasteiger partial charge < -0.3 is 9.55 Å². The Bertz CT molecular complexity index is 629. The number of imidazole rings is 1. The van der Waals surface area contributed by atoms with Crippen LogP contribution in [0.1, 0.15) is 32.3 Å². The Morgan fingerprint density at radius 2 is 2.06 bits per heavy atom. The molecule has 0 spiro atoms. The van der Waals surface area contributed by atoms with Gasteiger partial charge in [0, 0.05) is 5.54 Å². The van der Waals surface area contributed by atoms with Gasteiger partial charge in [-0.3, -0.25) is 0 Å².